The third-order valence-electron chi connectivity index (χ3n) is 4.54. The number of guanidine groups is 1. The number of rotatable bonds is 6. The largest absolute Gasteiger partial charge is 0.490 e. The first-order valence-corrected chi connectivity index (χ1v) is 9.41. The van der Waals surface area contributed by atoms with E-state index < -0.39 is 11.6 Å². The molecule has 1 aliphatic heterocycles. The summed E-state index contributed by atoms with van der Waals surface area (Å²) in [6, 6.07) is 13.1. The molecule has 0 aliphatic carbocycles. The summed E-state index contributed by atoms with van der Waals surface area (Å²) >= 11 is 0. The molecule has 0 bridgehead atoms. The molecule has 158 valence electrons. The van der Waals surface area contributed by atoms with Crippen LogP contribution in [0, 0.1) is 11.6 Å². The third kappa shape index (κ3) is 7.02. The van der Waals surface area contributed by atoms with E-state index in [1.807, 2.05) is 30.3 Å². The number of benzene rings is 2. The summed E-state index contributed by atoms with van der Waals surface area (Å²) < 4.78 is 37.8. The quantitative estimate of drug-likeness (QED) is 0.272. The van der Waals surface area contributed by atoms with Crippen molar-refractivity contribution in [2.45, 2.75) is 18.9 Å². The second-order valence-corrected chi connectivity index (χ2v) is 6.51. The van der Waals surface area contributed by atoms with Crippen LogP contribution >= 0.6 is 24.0 Å². The van der Waals surface area contributed by atoms with Crippen LogP contribution in [-0.2, 0) is 0 Å². The fourth-order valence-corrected chi connectivity index (χ4v) is 3.13. The molecule has 0 aromatic heterocycles. The Morgan fingerprint density at radius 3 is 2.52 bits per heavy atom. The first-order chi connectivity index (χ1) is 13.7. The van der Waals surface area contributed by atoms with Crippen molar-refractivity contribution in [1.29, 1.82) is 0 Å². The molecule has 0 radical (unpaired) electrons. The highest BCUT2D eigenvalue weighted by Crippen LogP contribution is 2.19. The van der Waals surface area contributed by atoms with E-state index in [1.165, 1.54) is 12.1 Å². The fourth-order valence-electron chi connectivity index (χ4n) is 3.13. The maximum Gasteiger partial charge on any atom is 0.193 e. The molecule has 1 heterocycles. The molecule has 0 spiro atoms. The number of aliphatic imine (C=N–C) groups is 1. The van der Waals surface area contributed by atoms with Crippen LogP contribution in [0.15, 0.2) is 53.5 Å². The van der Waals surface area contributed by atoms with Crippen molar-refractivity contribution in [1.82, 2.24) is 10.2 Å². The average Bonchev–Trinajstić information content (AvgIpc) is 2.71. The minimum absolute atomic E-state index is 0. The second-order valence-electron chi connectivity index (χ2n) is 6.51. The molecule has 0 unspecified atom stereocenters. The summed E-state index contributed by atoms with van der Waals surface area (Å²) in [6.45, 7) is 2.38. The summed E-state index contributed by atoms with van der Waals surface area (Å²) in [6.07, 6.45) is 2.02. The molecule has 2 aromatic rings. The van der Waals surface area contributed by atoms with Gasteiger partial charge in [0.2, 0.25) is 0 Å². The molecular formula is C21H26F2IN3O2. The van der Waals surface area contributed by atoms with E-state index in [4.69, 9.17) is 9.47 Å². The highest BCUT2D eigenvalue weighted by Gasteiger charge is 2.22. The lowest BCUT2D eigenvalue weighted by atomic mass is 10.1. The molecule has 0 amide bonds. The molecular weight excluding hydrogens is 491 g/mol. The number of likely N-dealkylation sites (tertiary alicyclic amines) is 1. The third-order valence-corrected chi connectivity index (χ3v) is 4.54. The standard InChI is InChI=1S/C21H25F2N3O2.HI/c1-24-21(25-11-14-27-20-8-7-16(22)15-19(20)23)26-12-9-18(10-13-26)28-17-5-3-2-4-6-17;/h2-8,15,18H,9-14H2,1H3,(H,24,25);1H. The number of nitrogens with one attached hydrogen (secondary N) is 1. The van der Waals surface area contributed by atoms with Gasteiger partial charge in [-0.3, -0.25) is 4.99 Å². The summed E-state index contributed by atoms with van der Waals surface area (Å²) in [7, 11) is 1.73. The summed E-state index contributed by atoms with van der Waals surface area (Å²) in [5.41, 5.74) is 0. The van der Waals surface area contributed by atoms with Gasteiger partial charge in [-0.25, -0.2) is 8.78 Å². The van der Waals surface area contributed by atoms with Crippen LogP contribution in [0.1, 0.15) is 12.8 Å². The molecule has 1 saturated heterocycles. The highest BCUT2D eigenvalue weighted by molar-refractivity contribution is 14.0. The Bertz CT molecular complexity index is 785. The molecule has 1 fully saturated rings. The van der Waals surface area contributed by atoms with Crippen LogP contribution < -0.4 is 14.8 Å². The van der Waals surface area contributed by atoms with E-state index >= 15 is 0 Å². The Morgan fingerprint density at radius 2 is 1.86 bits per heavy atom. The lowest BCUT2D eigenvalue weighted by Gasteiger charge is -2.34. The molecule has 0 atom stereocenters. The minimum Gasteiger partial charge on any atom is -0.490 e. The van der Waals surface area contributed by atoms with Gasteiger partial charge in [-0.1, -0.05) is 18.2 Å². The first-order valence-electron chi connectivity index (χ1n) is 9.41. The molecule has 1 N–H and O–H groups in total. The average molecular weight is 517 g/mol. The summed E-state index contributed by atoms with van der Waals surface area (Å²) in [5.74, 6) is 0.389. The molecule has 29 heavy (non-hydrogen) atoms. The van der Waals surface area contributed by atoms with Gasteiger partial charge in [-0.15, -0.1) is 24.0 Å². The lowest BCUT2D eigenvalue weighted by Crippen LogP contribution is -2.48. The zero-order valence-electron chi connectivity index (χ0n) is 16.3. The van der Waals surface area contributed by atoms with Crippen LogP contribution in [-0.4, -0.2) is 50.3 Å². The van der Waals surface area contributed by atoms with Gasteiger partial charge in [0.1, 0.15) is 24.3 Å². The van der Waals surface area contributed by atoms with E-state index in [1.54, 1.807) is 7.05 Å². The topological polar surface area (TPSA) is 46.1 Å². The van der Waals surface area contributed by atoms with Crippen molar-refractivity contribution in [3.05, 3.63) is 60.2 Å². The smallest absolute Gasteiger partial charge is 0.193 e. The van der Waals surface area contributed by atoms with Crippen molar-refractivity contribution in [2.24, 2.45) is 4.99 Å². The highest BCUT2D eigenvalue weighted by atomic mass is 127. The maximum atomic E-state index is 13.6. The summed E-state index contributed by atoms with van der Waals surface area (Å²) in [4.78, 5) is 6.48. The first kappa shape index (κ1) is 23.2. The van der Waals surface area contributed by atoms with Crippen LogP contribution in [0.2, 0.25) is 0 Å². The normalized spacial score (nSPS) is 14.9. The van der Waals surface area contributed by atoms with Gasteiger partial charge >= 0.3 is 0 Å². The van der Waals surface area contributed by atoms with Gasteiger partial charge in [0.05, 0.1) is 6.54 Å². The van der Waals surface area contributed by atoms with E-state index in [2.05, 4.69) is 15.2 Å². The van der Waals surface area contributed by atoms with Crippen molar-refractivity contribution < 1.29 is 18.3 Å². The predicted molar refractivity (Wildman–Crippen MR) is 120 cm³/mol. The van der Waals surface area contributed by atoms with E-state index in [-0.39, 0.29) is 42.4 Å². The van der Waals surface area contributed by atoms with Crippen LogP contribution in [0.5, 0.6) is 11.5 Å². The monoisotopic (exact) mass is 517 g/mol. The number of nitrogens with zero attached hydrogens (tertiary/aromatic N) is 2. The van der Waals surface area contributed by atoms with E-state index in [0.717, 1.165) is 43.7 Å². The number of ether oxygens (including phenoxy) is 2. The number of para-hydroxylation sites is 1. The Morgan fingerprint density at radius 1 is 1.14 bits per heavy atom. The van der Waals surface area contributed by atoms with E-state index in [0.29, 0.717) is 6.54 Å². The molecule has 5 nitrogen and oxygen atoms in total. The van der Waals surface area contributed by atoms with Gasteiger partial charge in [-0.2, -0.15) is 0 Å². The molecule has 3 rings (SSSR count). The van der Waals surface area contributed by atoms with Crippen molar-refractivity contribution in [3.63, 3.8) is 0 Å². The fraction of sp³-hybridized carbons (Fsp3) is 0.381. The molecule has 8 heteroatoms. The molecule has 0 saturated carbocycles. The zero-order valence-corrected chi connectivity index (χ0v) is 18.6. The van der Waals surface area contributed by atoms with Gasteiger partial charge in [0, 0.05) is 39.0 Å². The lowest BCUT2D eigenvalue weighted by molar-refractivity contribution is 0.129. The van der Waals surface area contributed by atoms with Crippen molar-refractivity contribution in [2.75, 3.05) is 33.3 Å². The van der Waals surface area contributed by atoms with Crippen molar-refractivity contribution in [3.8, 4) is 11.5 Å². The Kier molecular flexibility index (Phi) is 9.43. The van der Waals surface area contributed by atoms with Gasteiger partial charge in [-0.05, 0) is 24.3 Å². The van der Waals surface area contributed by atoms with E-state index in [9.17, 15) is 8.78 Å². The Balaban J connectivity index is 0.00000300. The predicted octanol–water partition coefficient (Wildman–Crippen LogP) is 4.08. The number of hydrogen-bond donors (Lipinski definition) is 1. The number of hydrogen-bond acceptors (Lipinski definition) is 3. The number of piperidine rings is 1. The Hall–Kier alpha value is -2.10. The maximum absolute atomic E-state index is 13.6. The van der Waals surface area contributed by atoms with Crippen LogP contribution in [0.25, 0.3) is 0 Å². The van der Waals surface area contributed by atoms with Crippen LogP contribution in [0.3, 0.4) is 0 Å². The van der Waals surface area contributed by atoms with Crippen molar-refractivity contribution >= 4 is 29.9 Å². The minimum atomic E-state index is -0.704. The SMILES string of the molecule is CN=C(NCCOc1ccc(F)cc1F)N1CCC(Oc2ccccc2)CC1.I. The molecule has 2 aromatic carbocycles. The van der Waals surface area contributed by atoms with Crippen LogP contribution in [0.4, 0.5) is 8.78 Å². The number of halogens is 3. The Labute approximate surface area is 187 Å². The van der Waals surface area contributed by atoms with Gasteiger partial charge < -0.3 is 19.7 Å². The van der Waals surface area contributed by atoms with Gasteiger partial charge in [0.25, 0.3) is 0 Å². The second kappa shape index (κ2) is 11.8. The van der Waals surface area contributed by atoms with Gasteiger partial charge in [0.15, 0.2) is 17.5 Å². The zero-order chi connectivity index (χ0) is 19.8. The molecule has 1 aliphatic rings. The summed E-state index contributed by atoms with van der Waals surface area (Å²) in [5, 5.41) is 3.22.